The molecule has 4 heterocycles. The fourth-order valence-electron chi connectivity index (χ4n) is 4.91. The van der Waals surface area contributed by atoms with Gasteiger partial charge >= 0.3 is 0 Å². The number of nitrogens with zero attached hydrogens (tertiary/aromatic N) is 5. The standard InChI is InChI=1S/C29H28N7O6P/c1-29-16-39-21(22(29)42-43(2)40-15-9-14-30)27(41-29)36-17-31-20-23(32-25(37)18-10-5-3-6-11-18)33-28(34-24(20)36)35-26(38)19-12-7-4-8-13-19/h3-8,10-13,17,21-22,27H,9,15-16H2,1-2H3,(H2,32,33,34,35,37,38)/t21-,22?,27+,29-,43?/m0/s1/i1D. The van der Waals surface area contributed by atoms with Crippen molar-refractivity contribution >= 4 is 43.1 Å². The van der Waals surface area contributed by atoms with Crippen LogP contribution in [-0.2, 0) is 18.5 Å². The molecule has 2 aromatic heterocycles. The summed E-state index contributed by atoms with van der Waals surface area (Å²) in [6.07, 6.45) is -0.339. The highest BCUT2D eigenvalue weighted by Crippen LogP contribution is 2.51. The van der Waals surface area contributed by atoms with E-state index in [2.05, 4.69) is 25.6 Å². The highest BCUT2D eigenvalue weighted by atomic mass is 31.2. The van der Waals surface area contributed by atoms with Crippen molar-refractivity contribution in [3.8, 4) is 6.07 Å². The van der Waals surface area contributed by atoms with Crippen LogP contribution in [-0.4, -0.2) is 69.0 Å². The summed E-state index contributed by atoms with van der Waals surface area (Å²) in [7, 11) is -1.38. The first kappa shape index (κ1) is 27.5. The normalized spacial score (nSPS) is 23.4. The molecule has 2 fully saturated rings. The molecule has 2 unspecified atom stereocenters. The molecule has 0 radical (unpaired) electrons. The van der Waals surface area contributed by atoms with Crippen molar-refractivity contribution in [2.45, 2.75) is 37.4 Å². The summed E-state index contributed by atoms with van der Waals surface area (Å²) in [5.74, 6) is -0.841. The van der Waals surface area contributed by atoms with Crippen molar-refractivity contribution in [2.24, 2.45) is 0 Å². The van der Waals surface area contributed by atoms with Crippen LogP contribution in [0, 0.1) is 11.3 Å². The van der Waals surface area contributed by atoms with Crippen LogP contribution in [0.2, 0.25) is 0 Å². The van der Waals surface area contributed by atoms with Gasteiger partial charge in [0.05, 0.1) is 32.0 Å². The van der Waals surface area contributed by atoms with Gasteiger partial charge in [-0.25, -0.2) is 4.98 Å². The van der Waals surface area contributed by atoms with Gasteiger partial charge in [0.15, 0.2) is 31.6 Å². The largest absolute Gasteiger partial charge is 0.368 e. The maximum atomic E-state index is 13.1. The van der Waals surface area contributed by atoms with E-state index < -0.39 is 44.2 Å². The second-order valence-corrected chi connectivity index (χ2v) is 11.3. The van der Waals surface area contributed by atoms with Gasteiger partial charge in [-0.3, -0.25) is 19.5 Å². The highest BCUT2D eigenvalue weighted by Gasteiger charge is 2.61. The van der Waals surface area contributed by atoms with Crippen molar-refractivity contribution in [1.29, 1.82) is 5.26 Å². The minimum absolute atomic E-state index is 0.0634. The maximum Gasteiger partial charge on any atom is 0.258 e. The minimum atomic E-state index is -1.38. The number of anilines is 2. The molecule has 2 amide bonds. The number of rotatable bonds is 10. The fraction of sp³-hybridized carbons (Fsp3) is 0.310. The molecule has 2 N–H and O–H groups in total. The van der Waals surface area contributed by atoms with E-state index in [9.17, 15) is 9.59 Å². The number of benzene rings is 2. The SMILES string of the molecule is [2H]C[C@]12CO[C@@H](C1OP(C)OCCC#N)[C@H](n1cnc3c(NC(=O)c4ccccc4)nc(NC(=O)c4ccccc4)nc31)O2. The van der Waals surface area contributed by atoms with Crippen molar-refractivity contribution in [2.75, 3.05) is 30.5 Å². The van der Waals surface area contributed by atoms with Crippen LogP contribution in [0.4, 0.5) is 11.8 Å². The number of fused-ring (bicyclic) bond motifs is 3. The third-order valence-electron chi connectivity index (χ3n) is 6.95. The van der Waals surface area contributed by atoms with Crippen molar-refractivity contribution in [1.82, 2.24) is 19.5 Å². The number of hydrogen-bond acceptors (Lipinski definition) is 10. The minimum Gasteiger partial charge on any atom is -0.368 e. The summed E-state index contributed by atoms with van der Waals surface area (Å²) in [6, 6.07) is 19.2. The Kier molecular flexibility index (Phi) is 7.76. The number of hydrogen-bond donors (Lipinski definition) is 2. The predicted octanol–water partition coefficient (Wildman–Crippen LogP) is 4.27. The number of nitriles is 1. The van der Waals surface area contributed by atoms with Gasteiger partial charge in [-0.15, -0.1) is 0 Å². The van der Waals surface area contributed by atoms with Gasteiger partial charge in [0.25, 0.3) is 11.8 Å². The van der Waals surface area contributed by atoms with Gasteiger partial charge < -0.3 is 23.8 Å². The third kappa shape index (κ3) is 5.84. The van der Waals surface area contributed by atoms with Crippen LogP contribution < -0.4 is 10.6 Å². The maximum absolute atomic E-state index is 13.1. The monoisotopic (exact) mass is 602 g/mol. The van der Waals surface area contributed by atoms with E-state index >= 15 is 0 Å². The third-order valence-corrected chi connectivity index (χ3v) is 8.02. The first-order valence-corrected chi connectivity index (χ1v) is 15.0. The van der Waals surface area contributed by atoms with Crippen LogP contribution >= 0.6 is 8.38 Å². The zero-order valence-corrected chi connectivity index (χ0v) is 23.9. The lowest BCUT2D eigenvalue weighted by molar-refractivity contribution is -0.164. The van der Waals surface area contributed by atoms with E-state index in [-0.39, 0.29) is 49.5 Å². The van der Waals surface area contributed by atoms with Gasteiger partial charge in [0, 0.05) is 19.2 Å². The number of imidazole rings is 1. The lowest BCUT2D eigenvalue weighted by Gasteiger charge is -2.28. The summed E-state index contributed by atoms with van der Waals surface area (Å²) in [6.45, 7) is 2.03. The van der Waals surface area contributed by atoms with E-state index in [1.165, 1.54) is 6.33 Å². The molecule has 43 heavy (non-hydrogen) atoms. The molecule has 2 aliphatic heterocycles. The second-order valence-electron chi connectivity index (χ2n) is 9.92. The molecule has 2 saturated heterocycles. The van der Waals surface area contributed by atoms with E-state index in [0.29, 0.717) is 11.1 Å². The van der Waals surface area contributed by atoms with Crippen LogP contribution in [0.15, 0.2) is 67.0 Å². The van der Waals surface area contributed by atoms with E-state index in [0.717, 1.165) is 0 Å². The quantitative estimate of drug-likeness (QED) is 0.198. The lowest BCUT2D eigenvalue weighted by Crippen LogP contribution is -2.37. The zero-order chi connectivity index (χ0) is 30.7. The molecule has 0 aliphatic carbocycles. The Hall–Kier alpha value is -4.31. The number of nitrogens with one attached hydrogen (secondary N) is 2. The summed E-state index contributed by atoms with van der Waals surface area (Å²) in [4.78, 5) is 39.6. The molecule has 6 rings (SSSR count). The van der Waals surface area contributed by atoms with Crippen LogP contribution in [0.3, 0.4) is 0 Å². The van der Waals surface area contributed by atoms with Gasteiger partial charge in [-0.1, -0.05) is 36.4 Å². The predicted molar refractivity (Wildman–Crippen MR) is 156 cm³/mol. The molecule has 2 aliphatic rings. The highest BCUT2D eigenvalue weighted by molar-refractivity contribution is 7.46. The fourth-order valence-corrected chi connectivity index (χ4v) is 5.95. The van der Waals surface area contributed by atoms with Crippen LogP contribution in [0.25, 0.3) is 11.2 Å². The number of carbonyl (C=O) groups is 2. The number of carbonyl (C=O) groups excluding carboxylic acids is 2. The van der Waals surface area contributed by atoms with Crippen molar-refractivity contribution < 1.29 is 29.5 Å². The zero-order valence-electron chi connectivity index (χ0n) is 24.0. The molecule has 14 heteroatoms. The smallest absolute Gasteiger partial charge is 0.258 e. The number of aromatic nitrogens is 4. The molecule has 13 nitrogen and oxygen atoms in total. The Morgan fingerprint density at radius 1 is 1.14 bits per heavy atom. The van der Waals surface area contributed by atoms with Gasteiger partial charge in [-0.05, 0) is 31.2 Å². The Morgan fingerprint density at radius 2 is 1.84 bits per heavy atom. The molecule has 0 spiro atoms. The molecule has 4 aromatic rings. The van der Waals surface area contributed by atoms with E-state index in [1.54, 1.807) is 71.9 Å². The molecule has 220 valence electrons. The molecular formula is C29H28N7O6P. The summed E-state index contributed by atoms with van der Waals surface area (Å²) in [5.41, 5.74) is 0.255. The second kappa shape index (κ2) is 12.1. The van der Waals surface area contributed by atoms with Crippen LogP contribution in [0.5, 0.6) is 0 Å². The van der Waals surface area contributed by atoms with Crippen molar-refractivity contribution in [3.63, 3.8) is 0 Å². The van der Waals surface area contributed by atoms with Gasteiger partial charge in [0.2, 0.25) is 5.95 Å². The average molecular weight is 603 g/mol. The number of amides is 2. The summed E-state index contributed by atoms with van der Waals surface area (Å²) >= 11 is 0. The molecule has 2 bridgehead atoms. The van der Waals surface area contributed by atoms with Crippen molar-refractivity contribution in [3.05, 3.63) is 78.1 Å². The average Bonchev–Trinajstić information content (AvgIpc) is 3.72. The van der Waals surface area contributed by atoms with Gasteiger partial charge in [-0.2, -0.15) is 15.2 Å². The Morgan fingerprint density at radius 3 is 2.51 bits per heavy atom. The summed E-state index contributed by atoms with van der Waals surface area (Å²) in [5, 5.41) is 14.3. The topological polar surface area (TPSA) is 163 Å². The van der Waals surface area contributed by atoms with Gasteiger partial charge in [0.1, 0.15) is 17.8 Å². The molecule has 2 aromatic carbocycles. The van der Waals surface area contributed by atoms with E-state index in [1.807, 2.05) is 6.07 Å². The molecule has 0 saturated carbocycles. The Bertz CT molecular complexity index is 1710. The van der Waals surface area contributed by atoms with Crippen LogP contribution in [0.1, 0.15) is 41.6 Å². The lowest BCUT2D eigenvalue weighted by atomic mass is 10.0. The molecular weight excluding hydrogens is 573 g/mol. The molecule has 5 atom stereocenters. The first-order chi connectivity index (χ1) is 21.4. The Balaban J connectivity index is 1.34. The Labute approximate surface area is 249 Å². The first-order valence-electron chi connectivity index (χ1n) is 14.1. The number of ether oxygens (including phenoxy) is 2. The van der Waals surface area contributed by atoms with E-state index in [4.69, 9.17) is 25.2 Å². The summed E-state index contributed by atoms with van der Waals surface area (Å²) < 4.78 is 34.3.